The Balaban J connectivity index is 1.66. The zero-order valence-electron chi connectivity index (χ0n) is 21.6. The number of carbonyl (C=O) groups is 2. The second-order valence-electron chi connectivity index (χ2n) is 11.7. The minimum atomic E-state index is -1.05. The van der Waals surface area contributed by atoms with Crippen LogP contribution in [0.15, 0.2) is 18.2 Å². The van der Waals surface area contributed by atoms with Gasteiger partial charge in [-0.15, -0.1) is 0 Å². The highest BCUT2D eigenvalue weighted by Crippen LogP contribution is 2.69. The van der Waals surface area contributed by atoms with Crippen molar-refractivity contribution in [2.24, 2.45) is 16.7 Å². The van der Waals surface area contributed by atoms with E-state index in [0.717, 1.165) is 38.0 Å². The van der Waals surface area contributed by atoms with E-state index in [1.807, 2.05) is 6.92 Å². The number of benzene rings is 1. The summed E-state index contributed by atoms with van der Waals surface area (Å²) in [7, 11) is 1.72. The summed E-state index contributed by atoms with van der Waals surface area (Å²) in [6, 6.07) is 6.76. The van der Waals surface area contributed by atoms with Crippen LogP contribution in [0.4, 0.5) is 0 Å². The predicted molar refractivity (Wildman–Crippen MR) is 132 cm³/mol. The third-order valence-electron chi connectivity index (χ3n) is 10.00. The molecule has 0 radical (unpaired) electrons. The number of Topliss-reactive ketones (excluding diaryl/α,β-unsaturated/α-hetero) is 1. The molecule has 1 aromatic rings. The largest absolute Gasteiger partial charge is 0.497 e. The van der Waals surface area contributed by atoms with E-state index in [0.29, 0.717) is 31.4 Å². The average Bonchev–Trinajstić information content (AvgIpc) is 3.64. The van der Waals surface area contributed by atoms with E-state index >= 15 is 0 Å². The van der Waals surface area contributed by atoms with Crippen molar-refractivity contribution in [3.63, 3.8) is 0 Å². The topological polar surface area (TPSA) is 55.8 Å². The zero-order chi connectivity index (χ0) is 24.3. The molecule has 0 N–H and O–H groups in total. The van der Waals surface area contributed by atoms with Gasteiger partial charge in [0.15, 0.2) is 5.78 Å². The maximum atomic E-state index is 14.0. The highest BCUT2D eigenvalue weighted by molar-refractivity contribution is 6.05. The van der Waals surface area contributed by atoms with E-state index in [9.17, 15) is 9.59 Å². The summed E-state index contributed by atoms with van der Waals surface area (Å²) in [5.41, 5.74) is 1.36. The molecule has 5 unspecified atom stereocenters. The van der Waals surface area contributed by atoms with Crippen molar-refractivity contribution in [3.8, 4) is 5.75 Å². The van der Waals surface area contributed by atoms with Crippen molar-refractivity contribution in [3.05, 3.63) is 29.3 Å². The fraction of sp³-hybridized carbons (Fsp3) is 0.724. The molecule has 186 valence electrons. The van der Waals surface area contributed by atoms with E-state index < -0.39 is 5.41 Å². The molecule has 5 heteroatoms. The Kier molecular flexibility index (Phi) is 5.86. The molecule has 34 heavy (non-hydrogen) atoms. The fourth-order valence-electron chi connectivity index (χ4n) is 7.78. The number of rotatable bonds is 9. The van der Waals surface area contributed by atoms with Crippen molar-refractivity contribution in [2.75, 3.05) is 20.3 Å². The SMILES string of the molecule is CCCCC(=O)C1(C(=O)OCC)CC2(C)C3Cc4ccc(OC)cc4C2(C)CC1N3CC1CC1. The van der Waals surface area contributed by atoms with E-state index in [-0.39, 0.29) is 28.6 Å². The molecular formula is C29H41NO4. The summed E-state index contributed by atoms with van der Waals surface area (Å²) < 4.78 is 11.3. The first-order valence-corrected chi connectivity index (χ1v) is 13.4. The zero-order valence-corrected chi connectivity index (χ0v) is 21.6. The smallest absolute Gasteiger partial charge is 0.321 e. The summed E-state index contributed by atoms with van der Waals surface area (Å²) in [6.07, 6.45) is 7.12. The van der Waals surface area contributed by atoms with Crippen LogP contribution in [0, 0.1) is 16.7 Å². The van der Waals surface area contributed by atoms with Gasteiger partial charge in [-0.1, -0.05) is 33.3 Å². The van der Waals surface area contributed by atoms with Gasteiger partial charge in [0.05, 0.1) is 13.7 Å². The van der Waals surface area contributed by atoms with Gasteiger partial charge in [0.1, 0.15) is 11.2 Å². The summed E-state index contributed by atoms with van der Waals surface area (Å²) >= 11 is 0. The number of hydrogen-bond donors (Lipinski definition) is 0. The lowest BCUT2D eigenvalue weighted by atomic mass is 9.38. The van der Waals surface area contributed by atoms with Gasteiger partial charge >= 0.3 is 5.97 Å². The van der Waals surface area contributed by atoms with Crippen LogP contribution in [-0.2, 0) is 26.2 Å². The van der Waals surface area contributed by atoms with Crippen molar-refractivity contribution in [1.82, 2.24) is 4.90 Å². The Morgan fingerprint density at radius 2 is 1.91 bits per heavy atom. The van der Waals surface area contributed by atoms with Crippen LogP contribution < -0.4 is 4.74 Å². The van der Waals surface area contributed by atoms with Gasteiger partial charge in [-0.25, -0.2) is 0 Å². The number of methoxy groups -OCH3 is 1. The minimum Gasteiger partial charge on any atom is -0.497 e. The molecule has 3 aliphatic carbocycles. The molecule has 4 bridgehead atoms. The van der Waals surface area contributed by atoms with Crippen molar-refractivity contribution >= 4 is 11.8 Å². The Bertz CT molecular complexity index is 986. The van der Waals surface area contributed by atoms with Gasteiger partial charge < -0.3 is 9.47 Å². The number of ketones is 1. The quantitative estimate of drug-likeness (QED) is 0.374. The van der Waals surface area contributed by atoms with Crippen LogP contribution in [0.5, 0.6) is 5.75 Å². The number of nitrogens with zero attached hydrogens (tertiary/aromatic N) is 1. The third-order valence-corrected chi connectivity index (χ3v) is 10.00. The van der Waals surface area contributed by atoms with Crippen molar-refractivity contribution in [2.45, 2.75) is 96.6 Å². The lowest BCUT2D eigenvalue weighted by Gasteiger charge is -2.72. The lowest BCUT2D eigenvalue weighted by molar-refractivity contribution is -0.213. The maximum Gasteiger partial charge on any atom is 0.321 e. The molecule has 2 saturated heterocycles. The summed E-state index contributed by atoms with van der Waals surface area (Å²) in [5, 5.41) is 0. The van der Waals surface area contributed by atoms with Gasteiger partial charge in [-0.3, -0.25) is 14.5 Å². The molecule has 1 aromatic carbocycles. The maximum absolute atomic E-state index is 14.0. The molecule has 5 aliphatic rings. The van der Waals surface area contributed by atoms with Crippen LogP contribution in [0.2, 0.25) is 0 Å². The van der Waals surface area contributed by atoms with E-state index in [2.05, 4.69) is 43.9 Å². The minimum absolute atomic E-state index is 0.104. The first kappa shape index (κ1) is 23.8. The highest BCUT2D eigenvalue weighted by Gasteiger charge is 2.74. The number of fused-ring (bicyclic) bond motifs is 2. The first-order valence-electron chi connectivity index (χ1n) is 13.4. The normalized spacial score (nSPS) is 36.1. The van der Waals surface area contributed by atoms with Crippen LogP contribution in [0.25, 0.3) is 0 Å². The Morgan fingerprint density at radius 1 is 1.15 bits per heavy atom. The van der Waals surface area contributed by atoms with Gasteiger partial charge in [0.2, 0.25) is 0 Å². The summed E-state index contributed by atoms with van der Waals surface area (Å²) in [6.45, 7) is 10.0. The number of hydrogen-bond acceptors (Lipinski definition) is 5. The molecule has 5 atom stereocenters. The number of unbranched alkanes of at least 4 members (excludes halogenated alkanes) is 1. The van der Waals surface area contributed by atoms with E-state index in [1.165, 1.54) is 24.0 Å². The number of piperidine rings is 2. The molecule has 0 amide bonds. The molecule has 5 nitrogen and oxygen atoms in total. The van der Waals surface area contributed by atoms with E-state index in [4.69, 9.17) is 9.47 Å². The number of ether oxygens (including phenoxy) is 2. The average molecular weight is 468 g/mol. The monoisotopic (exact) mass is 467 g/mol. The molecule has 6 rings (SSSR count). The van der Waals surface area contributed by atoms with Crippen LogP contribution in [0.1, 0.15) is 83.8 Å². The second kappa shape index (κ2) is 8.36. The van der Waals surface area contributed by atoms with Crippen LogP contribution in [0.3, 0.4) is 0 Å². The van der Waals surface area contributed by atoms with Gasteiger partial charge in [-0.2, -0.15) is 0 Å². The van der Waals surface area contributed by atoms with Crippen LogP contribution >= 0.6 is 0 Å². The molecule has 2 heterocycles. The fourth-order valence-corrected chi connectivity index (χ4v) is 7.78. The lowest BCUT2D eigenvalue weighted by Crippen LogP contribution is -2.79. The first-order chi connectivity index (χ1) is 16.2. The Hall–Kier alpha value is -1.88. The van der Waals surface area contributed by atoms with Crippen molar-refractivity contribution < 1.29 is 19.1 Å². The Labute approximate surface area is 204 Å². The van der Waals surface area contributed by atoms with Crippen LogP contribution in [-0.4, -0.2) is 49.0 Å². The van der Waals surface area contributed by atoms with Crippen molar-refractivity contribution in [1.29, 1.82) is 0 Å². The molecule has 4 fully saturated rings. The summed E-state index contributed by atoms with van der Waals surface area (Å²) in [4.78, 5) is 30.4. The van der Waals surface area contributed by atoms with Gasteiger partial charge in [0.25, 0.3) is 0 Å². The number of carbonyl (C=O) groups excluding carboxylic acids is 2. The molecule has 0 spiro atoms. The van der Waals surface area contributed by atoms with E-state index in [1.54, 1.807) is 7.11 Å². The Morgan fingerprint density at radius 3 is 2.56 bits per heavy atom. The second-order valence-corrected chi connectivity index (χ2v) is 11.7. The highest BCUT2D eigenvalue weighted by atomic mass is 16.5. The molecule has 0 aromatic heterocycles. The van der Waals surface area contributed by atoms with Gasteiger partial charge in [0, 0.05) is 30.5 Å². The summed E-state index contributed by atoms with van der Waals surface area (Å²) in [5.74, 6) is 1.41. The standard InChI is InChI=1S/C29H41NO4/c1-6-8-9-25(31)29(26(32)34-7-2)18-28(4)23-14-20-12-13-21(33-5)15-22(20)27(28,3)16-24(29)30(23)17-19-10-11-19/h12-13,15,19,23-24H,6-11,14,16-18H2,1-5H3. The molecule has 2 aliphatic heterocycles. The third kappa shape index (κ3) is 3.22. The molecular weight excluding hydrogens is 426 g/mol. The van der Waals surface area contributed by atoms with Gasteiger partial charge in [-0.05, 0) is 80.0 Å². The number of esters is 1. The molecule has 2 saturated carbocycles. The predicted octanol–water partition coefficient (Wildman–Crippen LogP) is 5.08.